The summed E-state index contributed by atoms with van der Waals surface area (Å²) in [7, 11) is 0. The number of hydrogen-bond donors (Lipinski definition) is 0. The second-order valence-corrected chi connectivity index (χ2v) is 7.52. The van der Waals surface area contributed by atoms with Gasteiger partial charge >= 0.3 is 0 Å². The minimum atomic E-state index is 0.456. The van der Waals surface area contributed by atoms with E-state index in [-0.39, 0.29) is 0 Å². The minimum Gasteiger partial charge on any atom is -0.493 e. The Morgan fingerprint density at radius 1 is 0.800 bits per heavy atom. The van der Waals surface area contributed by atoms with Crippen molar-refractivity contribution in [3.05, 3.63) is 89.7 Å². The second kappa shape index (κ2) is 9.49. The highest BCUT2D eigenvalue weighted by Gasteiger charge is 2.11. The van der Waals surface area contributed by atoms with Gasteiger partial charge in [0, 0.05) is 6.54 Å². The molecule has 30 heavy (non-hydrogen) atoms. The number of nitrogens with zero attached hydrogens (tertiary/aromatic N) is 2. The molecule has 0 N–H and O–H groups in total. The van der Waals surface area contributed by atoms with Crippen molar-refractivity contribution in [1.82, 2.24) is 9.55 Å². The summed E-state index contributed by atoms with van der Waals surface area (Å²) in [5, 5.41) is 0. The Morgan fingerprint density at radius 3 is 2.47 bits per heavy atom. The summed E-state index contributed by atoms with van der Waals surface area (Å²) >= 11 is 0. The van der Waals surface area contributed by atoms with Crippen LogP contribution < -0.4 is 9.47 Å². The average molecular weight is 401 g/mol. The third kappa shape index (κ3) is 4.65. The lowest BCUT2D eigenvalue weighted by molar-refractivity contribution is 0.284. The second-order valence-electron chi connectivity index (χ2n) is 7.52. The molecule has 0 spiro atoms. The molecular formula is C26H28N2O2. The number of ether oxygens (including phenoxy) is 2. The molecular weight excluding hydrogens is 372 g/mol. The van der Waals surface area contributed by atoms with Crippen molar-refractivity contribution < 1.29 is 9.47 Å². The van der Waals surface area contributed by atoms with Crippen LogP contribution in [0.5, 0.6) is 11.5 Å². The van der Waals surface area contributed by atoms with Crippen molar-refractivity contribution in [2.75, 3.05) is 6.61 Å². The SMILES string of the molecule is Cc1cccc(OCCCCn2c(COc3ccccc3)nc3ccccc32)c1C. The molecule has 4 aromatic rings. The molecule has 4 rings (SSSR count). The first-order chi connectivity index (χ1) is 14.7. The van der Waals surface area contributed by atoms with Crippen molar-refractivity contribution in [3.8, 4) is 11.5 Å². The normalized spacial score (nSPS) is 11.0. The summed E-state index contributed by atoms with van der Waals surface area (Å²) in [6.45, 7) is 6.29. The first-order valence-electron chi connectivity index (χ1n) is 10.5. The van der Waals surface area contributed by atoms with Gasteiger partial charge in [-0.05, 0) is 68.1 Å². The zero-order valence-electron chi connectivity index (χ0n) is 17.7. The molecule has 0 saturated carbocycles. The van der Waals surface area contributed by atoms with Gasteiger partial charge in [0.1, 0.15) is 23.9 Å². The van der Waals surface area contributed by atoms with E-state index in [0.717, 1.165) is 47.7 Å². The third-order valence-electron chi connectivity index (χ3n) is 5.43. The van der Waals surface area contributed by atoms with E-state index in [4.69, 9.17) is 14.5 Å². The van der Waals surface area contributed by atoms with Crippen LogP contribution in [0.1, 0.15) is 29.8 Å². The van der Waals surface area contributed by atoms with Crippen molar-refractivity contribution >= 4 is 11.0 Å². The molecule has 0 radical (unpaired) electrons. The Bertz CT molecular complexity index is 1100. The quantitative estimate of drug-likeness (QED) is 0.319. The standard InChI is InChI=1S/C26H28N2O2/c1-20-11-10-16-25(21(20)2)29-18-9-8-17-28-24-15-7-6-14-23(24)27-26(28)19-30-22-12-4-3-5-13-22/h3-7,10-16H,8-9,17-19H2,1-2H3. The largest absolute Gasteiger partial charge is 0.493 e. The molecule has 0 bridgehead atoms. The molecule has 0 saturated heterocycles. The van der Waals surface area contributed by atoms with Gasteiger partial charge in [-0.3, -0.25) is 0 Å². The van der Waals surface area contributed by atoms with Crippen LogP contribution in [-0.4, -0.2) is 16.2 Å². The van der Waals surface area contributed by atoms with Crippen molar-refractivity contribution in [1.29, 1.82) is 0 Å². The molecule has 1 heterocycles. The maximum absolute atomic E-state index is 6.01. The van der Waals surface area contributed by atoms with E-state index in [1.807, 2.05) is 48.5 Å². The summed E-state index contributed by atoms with van der Waals surface area (Å²) in [5.41, 5.74) is 4.65. The molecule has 3 aromatic carbocycles. The van der Waals surface area contributed by atoms with E-state index in [1.165, 1.54) is 11.1 Å². The lowest BCUT2D eigenvalue weighted by atomic mass is 10.1. The molecule has 0 aliphatic carbocycles. The maximum atomic E-state index is 6.01. The van der Waals surface area contributed by atoms with Crippen LogP contribution in [0.25, 0.3) is 11.0 Å². The van der Waals surface area contributed by atoms with Crippen LogP contribution in [0.4, 0.5) is 0 Å². The minimum absolute atomic E-state index is 0.456. The van der Waals surface area contributed by atoms with Crippen LogP contribution in [-0.2, 0) is 13.2 Å². The van der Waals surface area contributed by atoms with Crippen LogP contribution in [0, 0.1) is 13.8 Å². The Balaban J connectivity index is 1.38. The predicted molar refractivity (Wildman–Crippen MR) is 121 cm³/mol. The van der Waals surface area contributed by atoms with Gasteiger partial charge in [0.15, 0.2) is 0 Å². The number of hydrogen-bond acceptors (Lipinski definition) is 3. The van der Waals surface area contributed by atoms with Crippen molar-refractivity contribution in [2.45, 2.75) is 39.8 Å². The van der Waals surface area contributed by atoms with Gasteiger partial charge in [-0.15, -0.1) is 0 Å². The molecule has 0 unspecified atom stereocenters. The highest BCUT2D eigenvalue weighted by Crippen LogP contribution is 2.22. The van der Waals surface area contributed by atoms with E-state index >= 15 is 0 Å². The van der Waals surface area contributed by atoms with Gasteiger partial charge < -0.3 is 14.0 Å². The zero-order chi connectivity index (χ0) is 20.8. The summed E-state index contributed by atoms with van der Waals surface area (Å²) in [6.07, 6.45) is 2.00. The number of rotatable bonds is 9. The fraction of sp³-hybridized carbons (Fsp3) is 0.269. The van der Waals surface area contributed by atoms with Gasteiger partial charge in [0.25, 0.3) is 0 Å². The van der Waals surface area contributed by atoms with Gasteiger partial charge in [0.2, 0.25) is 0 Å². The lowest BCUT2D eigenvalue weighted by Gasteiger charge is -2.12. The molecule has 0 aliphatic heterocycles. The van der Waals surface area contributed by atoms with E-state index in [9.17, 15) is 0 Å². The molecule has 4 nitrogen and oxygen atoms in total. The molecule has 0 atom stereocenters. The van der Waals surface area contributed by atoms with E-state index in [2.05, 4.69) is 42.7 Å². The Kier molecular flexibility index (Phi) is 6.33. The fourth-order valence-electron chi connectivity index (χ4n) is 3.58. The van der Waals surface area contributed by atoms with E-state index in [1.54, 1.807) is 0 Å². The van der Waals surface area contributed by atoms with Gasteiger partial charge in [-0.2, -0.15) is 0 Å². The van der Waals surface area contributed by atoms with E-state index in [0.29, 0.717) is 13.2 Å². The maximum Gasteiger partial charge on any atom is 0.147 e. The predicted octanol–water partition coefficient (Wildman–Crippen LogP) is 6.09. The van der Waals surface area contributed by atoms with Crippen LogP contribution >= 0.6 is 0 Å². The zero-order valence-corrected chi connectivity index (χ0v) is 17.7. The highest BCUT2D eigenvalue weighted by molar-refractivity contribution is 5.75. The summed E-state index contributed by atoms with van der Waals surface area (Å²) in [4.78, 5) is 4.80. The molecule has 1 aromatic heterocycles. The Morgan fingerprint density at radius 2 is 1.60 bits per heavy atom. The lowest BCUT2D eigenvalue weighted by Crippen LogP contribution is -2.09. The number of para-hydroxylation sites is 3. The van der Waals surface area contributed by atoms with Crippen molar-refractivity contribution in [2.24, 2.45) is 0 Å². The average Bonchev–Trinajstić information content (AvgIpc) is 3.13. The van der Waals surface area contributed by atoms with Gasteiger partial charge in [-0.1, -0.05) is 42.5 Å². The van der Waals surface area contributed by atoms with Gasteiger partial charge in [0.05, 0.1) is 17.6 Å². The van der Waals surface area contributed by atoms with E-state index < -0.39 is 0 Å². The van der Waals surface area contributed by atoms with Crippen LogP contribution in [0.2, 0.25) is 0 Å². The fourth-order valence-corrected chi connectivity index (χ4v) is 3.58. The smallest absolute Gasteiger partial charge is 0.147 e. The first-order valence-corrected chi connectivity index (χ1v) is 10.5. The summed E-state index contributed by atoms with van der Waals surface area (Å²) < 4.78 is 14.2. The number of aryl methyl sites for hydroxylation is 2. The van der Waals surface area contributed by atoms with Gasteiger partial charge in [-0.25, -0.2) is 4.98 Å². The molecule has 0 amide bonds. The first kappa shape index (κ1) is 20.0. The Labute approximate surface area is 178 Å². The summed E-state index contributed by atoms with van der Waals surface area (Å²) in [6, 6.07) is 24.4. The monoisotopic (exact) mass is 400 g/mol. The summed E-state index contributed by atoms with van der Waals surface area (Å²) in [5.74, 6) is 2.80. The van der Waals surface area contributed by atoms with Crippen molar-refractivity contribution in [3.63, 3.8) is 0 Å². The third-order valence-corrected chi connectivity index (χ3v) is 5.43. The van der Waals surface area contributed by atoms with Crippen LogP contribution in [0.15, 0.2) is 72.8 Å². The number of unbranched alkanes of at least 4 members (excludes halogenated alkanes) is 1. The number of fused-ring (bicyclic) bond motifs is 1. The molecule has 4 heteroatoms. The number of benzene rings is 3. The molecule has 0 aliphatic rings. The number of imidazole rings is 1. The topological polar surface area (TPSA) is 36.3 Å². The number of aromatic nitrogens is 2. The Hall–Kier alpha value is -3.27. The van der Waals surface area contributed by atoms with Crippen LogP contribution in [0.3, 0.4) is 0 Å². The molecule has 0 fully saturated rings. The molecule has 154 valence electrons. The highest BCUT2D eigenvalue weighted by atomic mass is 16.5.